The third kappa shape index (κ3) is 10.4. The fraction of sp³-hybridized carbons (Fsp3) is 0.550. The second kappa shape index (κ2) is 14.9. The first kappa shape index (κ1) is 34.7. The smallest absolute Gasteiger partial charge is 0.120 e. The minimum atomic E-state index is -0.00593. The molecule has 0 amide bonds. The van der Waals surface area contributed by atoms with Crippen LogP contribution >= 0.6 is 0 Å². The number of hydrogen-bond donors (Lipinski definition) is 2. The fourth-order valence-corrected chi connectivity index (χ4v) is 6.72. The molecule has 2 saturated carbocycles. The zero-order chi connectivity index (χ0) is 32.8. The lowest BCUT2D eigenvalue weighted by Gasteiger charge is -2.36. The molecule has 6 rings (SSSR count). The third-order valence-electron chi connectivity index (χ3n) is 9.80. The van der Waals surface area contributed by atoms with Gasteiger partial charge in [0, 0.05) is 34.6 Å². The highest BCUT2D eigenvalue weighted by Crippen LogP contribution is 2.39. The molecule has 0 radical (unpaired) electrons. The first-order valence-corrected chi connectivity index (χ1v) is 16.9. The van der Waals surface area contributed by atoms with Crippen molar-refractivity contribution in [1.29, 1.82) is 0 Å². The van der Waals surface area contributed by atoms with Crippen molar-refractivity contribution >= 4 is 21.5 Å². The summed E-state index contributed by atoms with van der Waals surface area (Å²) in [5.41, 5.74) is 2.92. The lowest BCUT2D eigenvalue weighted by atomic mass is 9.72. The van der Waals surface area contributed by atoms with E-state index in [0.29, 0.717) is 16.9 Å². The predicted molar refractivity (Wildman–Crippen MR) is 188 cm³/mol. The monoisotopic (exact) mass is 612 g/mol. The SMILES string of the molecule is CC(C)(C)C1CCC(O)CC1.Cc1cc2ccc(O)cc2cn1.Cc1cc2ccc(OC3CCC(C(C)(C)C)CC3)cc2cn1. The highest BCUT2D eigenvalue weighted by molar-refractivity contribution is 5.84. The maximum Gasteiger partial charge on any atom is 0.120 e. The number of phenolic OH excluding ortho intramolecular Hbond substituents is 1. The van der Waals surface area contributed by atoms with E-state index in [1.165, 1.54) is 43.9 Å². The van der Waals surface area contributed by atoms with Gasteiger partial charge in [0.25, 0.3) is 0 Å². The third-order valence-corrected chi connectivity index (χ3v) is 9.80. The number of fused-ring (bicyclic) bond motifs is 2. The molecule has 0 spiro atoms. The summed E-state index contributed by atoms with van der Waals surface area (Å²) in [6, 6.07) is 15.8. The number of ether oxygens (including phenoxy) is 1. The van der Waals surface area contributed by atoms with Crippen LogP contribution in [0.15, 0.2) is 60.9 Å². The van der Waals surface area contributed by atoms with Gasteiger partial charge < -0.3 is 14.9 Å². The molecule has 2 aliphatic rings. The summed E-state index contributed by atoms with van der Waals surface area (Å²) in [6.07, 6.45) is 13.4. The van der Waals surface area contributed by atoms with Crippen LogP contribution in [0.2, 0.25) is 0 Å². The molecule has 5 heteroatoms. The summed E-state index contributed by atoms with van der Waals surface area (Å²) < 4.78 is 6.23. The Morgan fingerprint density at radius 2 is 1.07 bits per heavy atom. The van der Waals surface area contributed by atoms with Crippen LogP contribution in [0, 0.1) is 36.5 Å². The standard InChI is InChI=1S/C20H27NO.C10H9NO.C10H20O/c1-14-11-15-5-8-19(12-16(15)13-21-14)22-18-9-6-17(7-10-18)20(2,3)4;1-7-4-8-2-3-10(12)5-9(8)6-11-7;1-10(2,3)8-4-6-9(11)7-5-8/h5,8,11-13,17-18H,6-7,9-10H2,1-4H3;2-6,12H,1H3;8-9,11H,4-7H2,1-3H3. The van der Waals surface area contributed by atoms with Gasteiger partial charge in [-0.25, -0.2) is 0 Å². The van der Waals surface area contributed by atoms with E-state index in [1.807, 2.05) is 32.2 Å². The number of nitrogens with zero attached hydrogens (tertiary/aromatic N) is 2. The number of aryl methyl sites for hydroxylation is 2. The highest BCUT2D eigenvalue weighted by Gasteiger charge is 2.30. The van der Waals surface area contributed by atoms with Crippen molar-refractivity contribution in [3.05, 3.63) is 72.3 Å². The number of aliphatic hydroxyl groups is 1. The van der Waals surface area contributed by atoms with E-state index in [-0.39, 0.29) is 11.9 Å². The Labute approximate surface area is 271 Å². The number of aromatic nitrogens is 2. The minimum absolute atomic E-state index is 0.00593. The van der Waals surface area contributed by atoms with Gasteiger partial charge in [-0.05, 0) is 135 Å². The van der Waals surface area contributed by atoms with Gasteiger partial charge >= 0.3 is 0 Å². The van der Waals surface area contributed by atoms with E-state index in [4.69, 9.17) is 4.74 Å². The summed E-state index contributed by atoms with van der Waals surface area (Å²) >= 11 is 0. The summed E-state index contributed by atoms with van der Waals surface area (Å²) in [5.74, 6) is 2.92. The fourth-order valence-electron chi connectivity index (χ4n) is 6.72. The molecule has 2 heterocycles. The second-order valence-electron chi connectivity index (χ2n) is 15.5. The average Bonchev–Trinajstić information content (AvgIpc) is 2.98. The quantitative estimate of drug-likeness (QED) is 0.236. The van der Waals surface area contributed by atoms with Crippen LogP contribution in [-0.2, 0) is 0 Å². The van der Waals surface area contributed by atoms with E-state index < -0.39 is 0 Å². The topological polar surface area (TPSA) is 75.5 Å². The molecule has 0 unspecified atom stereocenters. The minimum Gasteiger partial charge on any atom is -0.508 e. The van der Waals surface area contributed by atoms with Gasteiger partial charge in [0.15, 0.2) is 0 Å². The van der Waals surface area contributed by atoms with Gasteiger partial charge in [-0.3, -0.25) is 9.97 Å². The summed E-state index contributed by atoms with van der Waals surface area (Å²) in [7, 11) is 0. The first-order valence-electron chi connectivity index (χ1n) is 16.9. The largest absolute Gasteiger partial charge is 0.508 e. The summed E-state index contributed by atoms with van der Waals surface area (Å²) in [6.45, 7) is 18.0. The van der Waals surface area contributed by atoms with Crippen LogP contribution in [-0.4, -0.2) is 32.4 Å². The molecule has 244 valence electrons. The van der Waals surface area contributed by atoms with Gasteiger partial charge in [0.1, 0.15) is 11.5 Å². The maximum atomic E-state index is 9.29. The molecule has 2 N–H and O–H groups in total. The van der Waals surface area contributed by atoms with Crippen molar-refractivity contribution in [1.82, 2.24) is 9.97 Å². The molecular weight excluding hydrogens is 556 g/mol. The van der Waals surface area contributed by atoms with Gasteiger partial charge in [-0.1, -0.05) is 53.7 Å². The Balaban J connectivity index is 0.000000169. The maximum absolute atomic E-state index is 9.29. The van der Waals surface area contributed by atoms with Crippen molar-refractivity contribution < 1.29 is 14.9 Å². The van der Waals surface area contributed by atoms with Crippen molar-refractivity contribution in [2.45, 2.75) is 119 Å². The van der Waals surface area contributed by atoms with E-state index in [1.54, 1.807) is 18.3 Å². The molecule has 45 heavy (non-hydrogen) atoms. The molecule has 0 atom stereocenters. The predicted octanol–water partition coefficient (Wildman–Crippen LogP) is 10.4. The van der Waals surface area contributed by atoms with Crippen LogP contribution in [0.5, 0.6) is 11.5 Å². The van der Waals surface area contributed by atoms with Crippen molar-refractivity contribution in [2.75, 3.05) is 0 Å². The Morgan fingerprint density at radius 1 is 0.600 bits per heavy atom. The molecule has 2 aromatic heterocycles. The molecular formula is C40H56N2O3. The van der Waals surface area contributed by atoms with Gasteiger partial charge in [0.2, 0.25) is 0 Å². The number of aromatic hydroxyl groups is 1. The molecule has 2 aromatic carbocycles. The van der Waals surface area contributed by atoms with Gasteiger partial charge in [-0.2, -0.15) is 0 Å². The summed E-state index contributed by atoms with van der Waals surface area (Å²) in [5, 5.41) is 22.9. The Bertz CT molecular complexity index is 1480. The van der Waals surface area contributed by atoms with Crippen molar-refractivity contribution in [3.63, 3.8) is 0 Å². The van der Waals surface area contributed by atoms with E-state index >= 15 is 0 Å². The number of rotatable bonds is 2. The molecule has 0 saturated heterocycles. The Hall–Kier alpha value is -3.18. The van der Waals surface area contributed by atoms with Crippen molar-refractivity contribution in [3.8, 4) is 11.5 Å². The zero-order valence-corrected chi connectivity index (χ0v) is 28.9. The van der Waals surface area contributed by atoms with Crippen LogP contribution in [0.3, 0.4) is 0 Å². The van der Waals surface area contributed by atoms with E-state index in [2.05, 4.69) is 75.8 Å². The molecule has 2 fully saturated rings. The zero-order valence-electron chi connectivity index (χ0n) is 28.9. The Morgan fingerprint density at radius 3 is 1.58 bits per heavy atom. The normalized spacial score (nSPS) is 22.2. The number of aliphatic hydroxyl groups excluding tert-OH is 1. The number of benzene rings is 2. The Kier molecular flexibility index (Phi) is 11.5. The molecule has 5 nitrogen and oxygen atoms in total. The van der Waals surface area contributed by atoms with Crippen LogP contribution < -0.4 is 4.74 Å². The van der Waals surface area contributed by atoms with Crippen molar-refractivity contribution in [2.24, 2.45) is 22.7 Å². The number of phenols is 1. The number of pyridine rings is 2. The average molecular weight is 613 g/mol. The lowest BCUT2D eigenvalue weighted by Crippen LogP contribution is -2.30. The van der Waals surface area contributed by atoms with Crippen LogP contribution in [0.4, 0.5) is 0 Å². The molecule has 0 aliphatic heterocycles. The molecule has 4 aromatic rings. The van der Waals surface area contributed by atoms with Crippen LogP contribution in [0.25, 0.3) is 21.5 Å². The van der Waals surface area contributed by atoms with Gasteiger partial charge in [0.05, 0.1) is 12.2 Å². The molecule has 0 bridgehead atoms. The first-order chi connectivity index (χ1) is 21.2. The van der Waals surface area contributed by atoms with Gasteiger partial charge in [-0.15, -0.1) is 0 Å². The van der Waals surface area contributed by atoms with Crippen LogP contribution in [0.1, 0.15) is 104 Å². The lowest BCUT2D eigenvalue weighted by molar-refractivity contribution is 0.0725. The second-order valence-corrected chi connectivity index (χ2v) is 15.5. The van der Waals surface area contributed by atoms with E-state index in [0.717, 1.165) is 58.0 Å². The number of hydrogen-bond acceptors (Lipinski definition) is 5. The van der Waals surface area contributed by atoms with E-state index in [9.17, 15) is 10.2 Å². The molecule has 2 aliphatic carbocycles. The summed E-state index contributed by atoms with van der Waals surface area (Å²) in [4.78, 5) is 8.51. The highest BCUT2D eigenvalue weighted by atomic mass is 16.5.